The van der Waals surface area contributed by atoms with Crippen molar-refractivity contribution in [2.45, 2.75) is 17.5 Å². The van der Waals surface area contributed by atoms with Gasteiger partial charge >= 0.3 is 0 Å². The number of likely N-dealkylation sites (N-methyl/N-ethyl adjacent to an activating group) is 1. The summed E-state index contributed by atoms with van der Waals surface area (Å²) in [6.07, 6.45) is 0. The lowest BCUT2D eigenvalue weighted by molar-refractivity contribution is 0.0498. The molecule has 1 N–H and O–H groups in total. The highest BCUT2D eigenvalue weighted by atomic mass is 32.2. The number of nitrogens with one attached hydrogen (secondary N) is 1. The Morgan fingerprint density at radius 3 is 2.34 bits per heavy atom. The summed E-state index contributed by atoms with van der Waals surface area (Å²) in [5, 5.41) is 0. The average molecular weight is 450 g/mol. The van der Waals surface area contributed by atoms with Gasteiger partial charge in [-0.05, 0) is 36.4 Å². The van der Waals surface area contributed by atoms with Gasteiger partial charge in [-0.3, -0.25) is 4.79 Å². The van der Waals surface area contributed by atoms with E-state index in [1.807, 2.05) is 72.6 Å². The molecule has 3 aromatic rings. The van der Waals surface area contributed by atoms with Crippen molar-refractivity contribution in [2.24, 2.45) is 0 Å². The van der Waals surface area contributed by atoms with Crippen LogP contribution in [0, 0.1) is 0 Å². The summed E-state index contributed by atoms with van der Waals surface area (Å²) >= 11 is 0. The SMILES string of the molecule is CN1CCN(C(=O)c2cccc(S(=O)(=O)NCc3ccccc3)c2)[C@H](c2ccccc2)C1. The van der Waals surface area contributed by atoms with Gasteiger partial charge in [-0.25, -0.2) is 13.1 Å². The highest BCUT2D eigenvalue weighted by Crippen LogP contribution is 2.27. The Hall–Kier alpha value is -3.00. The lowest BCUT2D eigenvalue weighted by Gasteiger charge is -2.40. The first kappa shape index (κ1) is 22.2. The molecular formula is C25H27N3O3S. The van der Waals surface area contributed by atoms with Gasteiger partial charge in [-0.15, -0.1) is 0 Å². The summed E-state index contributed by atoms with van der Waals surface area (Å²) in [7, 11) is -1.70. The van der Waals surface area contributed by atoms with Crippen molar-refractivity contribution in [3.63, 3.8) is 0 Å². The smallest absolute Gasteiger partial charge is 0.254 e. The monoisotopic (exact) mass is 449 g/mol. The highest BCUT2D eigenvalue weighted by molar-refractivity contribution is 7.89. The standard InChI is InChI=1S/C25H27N3O3S/c1-27-15-16-28(24(19-27)21-11-6-3-7-12-21)25(29)22-13-8-14-23(17-22)32(30,31)26-18-20-9-4-2-5-10-20/h2-14,17,24,26H,15-16,18-19H2,1H3/t24-/m0/s1. The van der Waals surface area contributed by atoms with Gasteiger partial charge in [0.1, 0.15) is 0 Å². The van der Waals surface area contributed by atoms with Crippen LogP contribution in [0.25, 0.3) is 0 Å². The number of sulfonamides is 1. The van der Waals surface area contributed by atoms with Crippen LogP contribution in [0.2, 0.25) is 0 Å². The van der Waals surface area contributed by atoms with Crippen LogP contribution >= 0.6 is 0 Å². The Morgan fingerprint density at radius 2 is 1.62 bits per heavy atom. The molecule has 1 amide bonds. The number of carbonyl (C=O) groups is 1. The first-order valence-electron chi connectivity index (χ1n) is 10.6. The minimum Gasteiger partial charge on any atom is -0.329 e. The minimum absolute atomic E-state index is 0.0843. The predicted octanol–water partition coefficient (Wildman–Crippen LogP) is 3.29. The Labute approximate surface area is 189 Å². The minimum atomic E-state index is -3.75. The fourth-order valence-electron chi connectivity index (χ4n) is 3.94. The van der Waals surface area contributed by atoms with E-state index in [1.165, 1.54) is 12.1 Å². The van der Waals surface area contributed by atoms with E-state index < -0.39 is 10.0 Å². The summed E-state index contributed by atoms with van der Waals surface area (Å²) in [6.45, 7) is 2.27. The molecule has 0 radical (unpaired) electrons. The molecule has 4 rings (SSSR count). The number of hydrogen-bond donors (Lipinski definition) is 1. The van der Waals surface area contributed by atoms with Gasteiger partial charge < -0.3 is 9.80 Å². The number of benzene rings is 3. The Bertz CT molecular complexity index is 1170. The molecule has 1 aliphatic heterocycles. The molecule has 166 valence electrons. The third-order valence-electron chi connectivity index (χ3n) is 5.73. The van der Waals surface area contributed by atoms with Gasteiger partial charge in [0.15, 0.2) is 0 Å². The van der Waals surface area contributed by atoms with Crippen molar-refractivity contribution < 1.29 is 13.2 Å². The van der Waals surface area contributed by atoms with Crippen molar-refractivity contribution in [3.8, 4) is 0 Å². The second-order valence-electron chi connectivity index (χ2n) is 8.03. The average Bonchev–Trinajstić information content (AvgIpc) is 2.84. The molecule has 0 spiro atoms. The zero-order chi connectivity index (χ0) is 22.6. The molecule has 0 aliphatic carbocycles. The Kier molecular flexibility index (Phi) is 6.69. The lowest BCUT2D eigenvalue weighted by Crippen LogP contribution is -2.49. The molecule has 1 saturated heterocycles. The van der Waals surface area contributed by atoms with Crippen molar-refractivity contribution in [3.05, 3.63) is 102 Å². The van der Waals surface area contributed by atoms with Crippen molar-refractivity contribution in [2.75, 3.05) is 26.7 Å². The van der Waals surface area contributed by atoms with E-state index >= 15 is 0 Å². The van der Waals surface area contributed by atoms with Crippen LogP contribution in [0.3, 0.4) is 0 Å². The maximum atomic E-state index is 13.4. The Morgan fingerprint density at radius 1 is 0.938 bits per heavy atom. The summed E-state index contributed by atoms with van der Waals surface area (Å²) in [5.41, 5.74) is 2.31. The van der Waals surface area contributed by atoms with Crippen molar-refractivity contribution >= 4 is 15.9 Å². The zero-order valence-corrected chi connectivity index (χ0v) is 18.8. The Balaban J connectivity index is 1.56. The van der Waals surface area contributed by atoms with E-state index in [4.69, 9.17) is 0 Å². The maximum absolute atomic E-state index is 13.4. The number of nitrogens with zero attached hydrogens (tertiary/aromatic N) is 2. The van der Waals surface area contributed by atoms with Gasteiger partial charge in [-0.2, -0.15) is 0 Å². The molecule has 32 heavy (non-hydrogen) atoms. The number of hydrogen-bond acceptors (Lipinski definition) is 4. The van der Waals surface area contributed by atoms with Crippen LogP contribution in [0.4, 0.5) is 0 Å². The van der Waals surface area contributed by atoms with Crippen LogP contribution in [0.1, 0.15) is 27.5 Å². The molecule has 0 bridgehead atoms. The zero-order valence-electron chi connectivity index (χ0n) is 18.0. The summed E-state index contributed by atoms with van der Waals surface area (Å²) < 4.78 is 28.3. The molecular weight excluding hydrogens is 422 g/mol. The van der Waals surface area contributed by atoms with Crippen LogP contribution in [0.5, 0.6) is 0 Å². The lowest BCUT2D eigenvalue weighted by atomic mass is 10.0. The molecule has 0 saturated carbocycles. The topological polar surface area (TPSA) is 69.7 Å². The molecule has 1 atom stereocenters. The largest absolute Gasteiger partial charge is 0.329 e. The van der Waals surface area contributed by atoms with E-state index in [0.29, 0.717) is 12.1 Å². The molecule has 6 nitrogen and oxygen atoms in total. The van der Waals surface area contributed by atoms with E-state index in [0.717, 1.165) is 24.2 Å². The molecule has 3 aromatic carbocycles. The number of piperazine rings is 1. The number of carbonyl (C=O) groups excluding carboxylic acids is 1. The van der Waals surface area contributed by atoms with Crippen LogP contribution < -0.4 is 4.72 Å². The normalized spacial score (nSPS) is 17.3. The molecule has 0 unspecified atom stereocenters. The summed E-state index contributed by atoms with van der Waals surface area (Å²) in [5.74, 6) is -0.160. The first-order chi connectivity index (χ1) is 15.4. The quantitative estimate of drug-likeness (QED) is 0.627. The van der Waals surface area contributed by atoms with Crippen molar-refractivity contribution in [1.82, 2.24) is 14.5 Å². The van der Waals surface area contributed by atoms with Crippen LogP contribution in [0.15, 0.2) is 89.8 Å². The third kappa shape index (κ3) is 5.07. The van der Waals surface area contributed by atoms with Gasteiger partial charge in [0.05, 0.1) is 10.9 Å². The van der Waals surface area contributed by atoms with E-state index in [-0.39, 0.29) is 23.4 Å². The highest BCUT2D eigenvalue weighted by Gasteiger charge is 2.31. The second-order valence-corrected chi connectivity index (χ2v) is 9.79. The van der Waals surface area contributed by atoms with Gasteiger partial charge in [-0.1, -0.05) is 66.7 Å². The second kappa shape index (κ2) is 9.65. The maximum Gasteiger partial charge on any atom is 0.254 e. The summed E-state index contributed by atoms with van der Waals surface area (Å²) in [4.78, 5) is 17.6. The third-order valence-corrected chi connectivity index (χ3v) is 7.13. The first-order valence-corrected chi connectivity index (χ1v) is 12.1. The molecule has 1 heterocycles. The van der Waals surface area contributed by atoms with Crippen LogP contribution in [-0.2, 0) is 16.6 Å². The fourth-order valence-corrected chi connectivity index (χ4v) is 5.01. The number of rotatable bonds is 6. The fraction of sp³-hybridized carbons (Fsp3) is 0.240. The number of amides is 1. The van der Waals surface area contributed by atoms with Crippen LogP contribution in [-0.4, -0.2) is 50.8 Å². The van der Waals surface area contributed by atoms with Gasteiger partial charge in [0, 0.05) is 31.7 Å². The molecule has 1 fully saturated rings. The summed E-state index contributed by atoms with van der Waals surface area (Å²) in [6, 6.07) is 25.5. The van der Waals surface area contributed by atoms with Gasteiger partial charge in [0.2, 0.25) is 10.0 Å². The van der Waals surface area contributed by atoms with Gasteiger partial charge in [0.25, 0.3) is 5.91 Å². The predicted molar refractivity (Wildman–Crippen MR) is 125 cm³/mol. The van der Waals surface area contributed by atoms with E-state index in [2.05, 4.69) is 9.62 Å². The van der Waals surface area contributed by atoms with E-state index in [1.54, 1.807) is 12.1 Å². The molecule has 7 heteroatoms. The van der Waals surface area contributed by atoms with Crippen molar-refractivity contribution in [1.29, 1.82) is 0 Å². The van der Waals surface area contributed by atoms with E-state index in [9.17, 15) is 13.2 Å². The molecule has 1 aliphatic rings. The molecule has 0 aromatic heterocycles.